The fraction of sp³-hybridized carbons (Fsp3) is 0.190. The molecule has 4 rings (SSSR count). The summed E-state index contributed by atoms with van der Waals surface area (Å²) in [4.78, 5) is 13.5. The molecule has 0 bridgehead atoms. The molecule has 0 fully saturated rings. The van der Waals surface area contributed by atoms with E-state index in [9.17, 15) is 4.79 Å². The number of Topliss-reactive ketones (excluding diaryl/α,β-unsaturated/α-hetero) is 1. The van der Waals surface area contributed by atoms with Crippen LogP contribution in [0.3, 0.4) is 0 Å². The molecule has 2 aromatic heterocycles. The highest BCUT2D eigenvalue weighted by Gasteiger charge is 2.17. The predicted octanol–water partition coefficient (Wildman–Crippen LogP) is 5.85. The van der Waals surface area contributed by atoms with Crippen LogP contribution in [0.2, 0.25) is 0 Å². The van der Waals surface area contributed by atoms with E-state index in [2.05, 4.69) is 30.1 Å². The van der Waals surface area contributed by atoms with Gasteiger partial charge in [-0.3, -0.25) is 4.79 Å². The van der Waals surface area contributed by atoms with Crippen LogP contribution in [0.5, 0.6) is 0 Å². The minimum absolute atomic E-state index is 0.0876. The zero-order chi connectivity index (χ0) is 19.0. The number of aromatic nitrogens is 2. The fourth-order valence-corrected chi connectivity index (χ4v) is 4.77. The predicted molar refractivity (Wildman–Crippen MR) is 111 cm³/mol. The number of rotatable bonds is 5. The van der Waals surface area contributed by atoms with Gasteiger partial charge in [0.05, 0.1) is 10.6 Å². The summed E-state index contributed by atoms with van der Waals surface area (Å²) in [7, 11) is 0. The van der Waals surface area contributed by atoms with Crippen molar-refractivity contribution in [3.05, 3.63) is 64.0 Å². The Balaban J connectivity index is 1.48. The van der Waals surface area contributed by atoms with E-state index in [0.717, 1.165) is 26.1 Å². The lowest BCUT2D eigenvalue weighted by Gasteiger charge is -2.01. The van der Waals surface area contributed by atoms with Gasteiger partial charge in [0.1, 0.15) is 0 Å². The number of fused-ring (bicyclic) bond motifs is 1. The number of ketones is 1. The Morgan fingerprint density at radius 3 is 2.67 bits per heavy atom. The number of nitrogens with zero attached hydrogens (tertiary/aromatic N) is 2. The number of thiophene rings is 1. The fourth-order valence-electron chi connectivity index (χ4n) is 2.89. The monoisotopic (exact) mass is 394 g/mol. The number of thioether (sulfide) groups is 1. The maximum Gasteiger partial charge on any atom is 0.277 e. The van der Waals surface area contributed by atoms with Gasteiger partial charge in [0.15, 0.2) is 5.78 Å². The lowest BCUT2D eigenvalue weighted by atomic mass is 10.1. The summed E-state index contributed by atoms with van der Waals surface area (Å²) in [5.74, 6) is 0.845. The van der Waals surface area contributed by atoms with E-state index in [1.165, 1.54) is 22.9 Å². The molecule has 136 valence electrons. The molecular formula is C21H18N2O2S2. The summed E-state index contributed by atoms with van der Waals surface area (Å²) in [5, 5.41) is 9.74. The molecule has 0 aliphatic carbocycles. The van der Waals surface area contributed by atoms with E-state index in [1.807, 2.05) is 43.3 Å². The van der Waals surface area contributed by atoms with Crippen molar-refractivity contribution < 1.29 is 9.21 Å². The summed E-state index contributed by atoms with van der Waals surface area (Å²) in [6, 6.07) is 14.1. The van der Waals surface area contributed by atoms with Crippen LogP contribution in [-0.4, -0.2) is 21.7 Å². The highest BCUT2D eigenvalue weighted by atomic mass is 32.2. The maximum atomic E-state index is 12.7. The minimum atomic E-state index is 0.0876. The summed E-state index contributed by atoms with van der Waals surface area (Å²) in [6.07, 6.45) is 0. The highest BCUT2D eigenvalue weighted by molar-refractivity contribution is 7.99. The first kappa shape index (κ1) is 17.9. The van der Waals surface area contributed by atoms with Crippen molar-refractivity contribution in [2.75, 3.05) is 5.75 Å². The van der Waals surface area contributed by atoms with Gasteiger partial charge in [-0.2, -0.15) is 0 Å². The smallest absolute Gasteiger partial charge is 0.277 e. The van der Waals surface area contributed by atoms with Crippen molar-refractivity contribution in [2.45, 2.75) is 26.0 Å². The van der Waals surface area contributed by atoms with Gasteiger partial charge in [0, 0.05) is 10.3 Å². The molecule has 2 heterocycles. The molecule has 0 amide bonds. The second-order valence-electron chi connectivity index (χ2n) is 6.44. The van der Waals surface area contributed by atoms with Gasteiger partial charge < -0.3 is 4.42 Å². The Bertz CT molecular complexity index is 1140. The third-order valence-corrected chi connectivity index (χ3v) is 6.72. The molecule has 2 aromatic carbocycles. The highest BCUT2D eigenvalue weighted by Crippen LogP contribution is 2.32. The third-order valence-electron chi connectivity index (χ3n) is 4.58. The molecule has 0 spiro atoms. The molecule has 6 heteroatoms. The molecule has 0 saturated heterocycles. The van der Waals surface area contributed by atoms with E-state index in [-0.39, 0.29) is 11.5 Å². The van der Waals surface area contributed by atoms with Gasteiger partial charge in [0.25, 0.3) is 5.22 Å². The number of carbonyl (C=O) groups excluding carboxylic acids is 1. The molecule has 0 radical (unpaired) electrons. The Labute approximate surface area is 165 Å². The number of benzene rings is 2. The van der Waals surface area contributed by atoms with E-state index in [1.54, 1.807) is 11.3 Å². The van der Waals surface area contributed by atoms with Crippen LogP contribution in [0, 0.1) is 20.8 Å². The van der Waals surface area contributed by atoms with Crippen LogP contribution in [-0.2, 0) is 0 Å². The molecule has 0 unspecified atom stereocenters. The molecular weight excluding hydrogens is 376 g/mol. The first-order valence-corrected chi connectivity index (χ1v) is 10.4. The lowest BCUT2D eigenvalue weighted by molar-refractivity contribution is 0.102. The van der Waals surface area contributed by atoms with E-state index in [4.69, 9.17) is 4.42 Å². The zero-order valence-electron chi connectivity index (χ0n) is 15.3. The Morgan fingerprint density at radius 2 is 1.89 bits per heavy atom. The molecule has 27 heavy (non-hydrogen) atoms. The molecule has 0 aliphatic heterocycles. The number of hydrogen-bond acceptors (Lipinski definition) is 6. The van der Waals surface area contributed by atoms with Crippen molar-refractivity contribution in [2.24, 2.45) is 0 Å². The quantitative estimate of drug-likeness (QED) is 0.314. The van der Waals surface area contributed by atoms with Gasteiger partial charge in [-0.1, -0.05) is 36.0 Å². The van der Waals surface area contributed by atoms with Gasteiger partial charge >= 0.3 is 0 Å². The van der Waals surface area contributed by atoms with Crippen LogP contribution in [0.25, 0.3) is 21.5 Å². The first-order valence-electron chi connectivity index (χ1n) is 8.58. The molecule has 4 nitrogen and oxygen atoms in total. The van der Waals surface area contributed by atoms with Crippen LogP contribution in [0.1, 0.15) is 26.4 Å². The first-order chi connectivity index (χ1) is 13.0. The van der Waals surface area contributed by atoms with Gasteiger partial charge in [-0.25, -0.2) is 0 Å². The van der Waals surface area contributed by atoms with E-state index < -0.39 is 0 Å². The van der Waals surface area contributed by atoms with Crippen LogP contribution < -0.4 is 0 Å². The summed E-state index contributed by atoms with van der Waals surface area (Å²) in [6.45, 7) is 6.12. The average molecular weight is 395 g/mol. The van der Waals surface area contributed by atoms with E-state index in [0.29, 0.717) is 11.1 Å². The van der Waals surface area contributed by atoms with Gasteiger partial charge in [-0.15, -0.1) is 21.5 Å². The number of carbonyl (C=O) groups is 1. The van der Waals surface area contributed by atoms with Crippen molar-refractivity contribution in [1.29, 1.82) is 0 Å². The normalized spacial score (nSPS) is 11.2. The second-order valence-corrected chi connectivity index (χ2v) is 8.42. The van der Waals surface area contributed by atoms with Crippen LogP contribution >= 0.6 is 23.1 Å². The van der Waals surface area contributed by atoms with Crippen molar-refractivity contribution in [3.8, 4) is 11.5 Å². The average Bonchev–Trinajstić information content (AvgIpc) is 3.27. The number of aryl methyl sites for hydroxylation is 3. The molecule has 4 aromatic rings. The standard InChI is InChI=1S/C21H18N2O2S2/c1-12-8-9-15(10-13(12)2)20-22-23-21(25-20)26-11-17(24)19-14(3)16-6-4-5-7-18(16)27-19/h4-10H,11H2,1-3H3. The molecule has 0 N–H and O–H groups in total. The summed E-state index contributed by atoms with van der Waals surface area (Å²) >= 11 is 2.82. The maximum absolute atomic E-state index is 12.7. The number of hydrogen-bond donors (Lipinski definition) is 0. The Morgan fingerprint density at radius 1 is 1.07 bits per heavy atom. The van der Waals surface area contributed by atoms with Crippen LogP contribution in [0.15, 0.2) is 52.1 Å². The topological polar surface area (TPSA) is 56.0 Å². The van der Waals surface area contributed by atoms with Gasteiger partial charge in [0.2, 0.25) is 5.89 Å². The Kier molecular flexibility index (Phi) is 4.85. The second kappa shape index (κ2) is 7.29. The van der Waals surface area contributed by atoms with E-state index >= 15 is 0 Å². The third kappa shape index (κ3) is 3.55. The molecule has 0 saturated carbocycles. The SMILES string of the molecule is Cc1ccc(-c2nnc(SCC(=O)c3sc4ccccc4c3C)o2)cc1C. The van der Waals surface area contributed by atoms with Gasteiger partial charge in [-0.05, 0) is 61.0 Å². The zero-order valence-corrected chi connectivity index (χ0v) is 16.9. The van der Waals surface area contributed by atoms with Crippen molar-refractivity contribution in [1.82, 2.24) is 10.2 Å². The van der Waals surface area contributed by atoms with Crippen molar-refractivity contribution >= 4 is 39.0 Å². The largest absolute Gasteiger partial charge is 0.411 e. The molecule has 0 aliphatic rings. The molecule has 0 atom stereocenters. The minimum Gasteiger partial charge on any atom is -0.411 e. The summed E-state index contributed by atoms with van der Waals surface area (Å²) < 4.78 is 6.87. The lowest BCUT2D eigenvalue weighted by Crippen LogP contribution is -2.01. The summed E-state index contributed by atoms with van der Waals surface area (Å²) in [5.41, 5.74) is 4.33. The van der Waals surface area contributed by atoms with Crippen molar-refractivity contribution in [3.63, 3.8) is 0 Å². The van der Waals surface area contributed by atoms with Crippen LogP contribution in [0.4, 0.5) is 0 Å². The Hall–Kier alpha value is -2.44.